The van der Waals surface area contributed by atoms with Gasteiger partial charge in [0.05, 0.1) is 28.9 Å². The molecule has 41 heavy (non-hydrogen) atoms. The van der Waals surface area contributed by atoms with Crippen LogP contribution in [0.2, 0.25) is 0 Å². The van der Waals surface area contributed by atoms with Gasteiger partial charge in [-0.1, -0.05) is 30.0 Å². The summed E-state index contributed by atoms with van der Waals surface area (Å²) in [5.74, 6) is 5.29. The third kappa shape index (κ3) is 4.68. The maximum absolute atomic E-state index is 14.4. The molecule has 10 nitrogen and oxygen atoms in total. The summed E-state index contributed by atoms with van der Waals surface area (Å²) in [5.41, 5.74) is 8.20. The van der Waals surface area contributed by atoms with Gasteiger partial charge in [-0.3, -0.25) is 18.8 Å². The summed E-state index contributed by atoms with van der Waals surface area (Å²) >= 11 is 0. The van der Waals surface area contributed by atoms with E-state index in [-0.39, 0.29) is 11.4 Å². The van der Waals surface area contributed by atoms with Gasteiger partial charge in [0, 0.05) is 30.6 Å². The smallest absolute Gasteiger partial charge is 0.362 e. The zero-order valence-electron chi connectivity index (χ0n) is 22.1. The molecule has 0 fully saturated rings. The number of amides is 1. The van der Waals surface area contributed by atoms with Gasteiger partial charge in [0.2, 0.25) is 0 Å². The second-order valence-electron chi connectivity index (χ2n) is 9.52. The highest BCUT2D eigenvalue weighted by Gasteiger charge is 2.27. The van der Waals surface area contributed by atoms with Crippen LogP contribution in [0.4, 0.5) is 10.2 Å². The van der Waals surface area contributed by atoms with E-state index in [2.05, 4.69) is 32.3 Å². The first kappa shape index (κ1) is 25.5. The Hall–Kier alpha value is -5.76. The van der Waals surface area contributed by atoms with Crippen LogP contribution in [0.5, 0.6) is 0 Å². The number of fused-ring (bicyclic) bond motifs is 2. The van der Waals surface area contributed by atoms with Crippen LogP contribution in [0.15, 0.2) is 84.2 Å². The molecule has 0 saturated carbocycles. The van der Waals surface area contributed by atoms with Crippen molar-refractivity contribution in [3.05, 3.63) is 118 Å². The van der Waals surface area contributed by atoms with E-state index in [1.165, 1.54) is 22.8 Å². The van der Waals surface area contributed by atoms with Gasteiger partial charge < -0.3 is 11.1 Å². The van der Waals surface area contributed by atoms with Gasteiger partial charge in [-0.25, -0.2) is 9.49 Å². The minimum atomic E-state index is -0.689. The quantitative estimate of drug-likeness (QED) is 0.231. The number of aromatic amines is 1. The summed E-state index contributed by atoms with van der Waals surface area (Å²) in [4.78, 5) is 31.8. The third-order valence-corrected chi connectivity index (χ3v) is 6.69. The molecule has 0 spiro atoms. The minimum Gasteiger partial charge on any atom is -0.382 e. The molecule has 0 radical (unpaired) electrons. The number of H-pyrrole nitrogens is 1. The van der Waals surface area contributed by atoms with Crippen LogP contribution in [0.1, 0.15) is 40.1 Å². The molecule has 0 aliphatic rings. The standard InChI is InChI=1S/C30H23FN8O2/c1-18(35-29(40)26-27(32)36-38-13-5-12-33-28(26)38)24-14-21-7-3-6-20(11-10-19-16-34-37(2)17-19)25(21)30(41)39(24)23-9-4-8-22(31)15-23/h3-9,12-18H,1-2H3,(H3,32,35,36,40)/p+1. The SMILES string of the molecule is CC(NC(=O)c1c(N)[nH][n+]2cccnc12)c1cc2cccc(C#Cc3cnn(C)c3)c2c(=O)n1-c1cccc(F)c1. The van der Waals surface area contributed by atoms with Crippen molar-refractivity contribution >= 4 is 28.1 Å². The molecule has 6 aromatic rings. The third-order valence-electron chi connectivity index (χ3n) is 6.69. The molecule has 6 rings (SSSR count). The summed E-state index contributed by atoms with van der Waals surface area (Å²) in [6, 6.07) is 13.9. The van der Waals surface area contributed by atoms with E-state index in [1.54, 1.807) is 78.3 Å². The number of aryl methyl sites for hydroxylation is 1. The molecule has 4 aromatic heterocycles. The van der Waals surface area contributed by atoms with Crippen molar-refractivity contribution in [1.29, 1.82) is 0 Å². The number of rotatable bonds is 4. The number of carbonyl (C=O) groups excluding carboxylic acids is 1. The van der Waals surface area contributed by atoms with Crippen molar-refractivity contribution in [2.45, 2.75) is 13.0 Å². The lowest BCUT2D eigenvalue weighted by Gasteiger charge is -2.21. The fraction of sp³-hybridized carbons (Fsp3) is 0.100. The number of nitrogens with one attached hydrogen (secondary N) is 2. The monoisotopic (exact) mass is 547 g/mol. The van der Waals surface area contributed by atoms with E-state index in [0.717, 1.165) is 0 Å². The highest BCUT2D eigenvalue weighted by Crippen LogP contribution is 2.24. The Morgan fingerprint density at radius 1 is 1.17 bits per heavy atom. The highest BCUT2D eigenvalue weighted by atomic mass is 19.1. The molecule has 1 unspecified atom stereocenters. The first-order valence-electron chi connectivity index (χ1n) is 12.7. The largest absolute Gasteiger partial charge is 0.382 e. The summed E-state index contributed by atoms with van der Waals surface area (Å²) in [6.45, 7) is 1.74. The Bertz CT molecular complexity index is 2100. The van der Waals surface area contributed by atoms with Crippen LogP contribution < -0.4 is 21.1 Å². The number of nitrogens with zero attached hydrogens (tertiary/aromatic N) is 5. The van der Waals surface area contributed by atoms with Crippen molar-refractivity contribution in [2.24, 2.45) is 7.05 Å². The molecule has 2 aromatic carbocycles. The van der Waals surface area contributed by atoms with E-state index < -0.39 is 23.3 Å². The molecular weight excluding hydrogens is 523 g/mol. The molecule has 0 saturated heterocycles. The number of halogens is 1. The van der Waals surface area contributed by atoms with Gasteiger partial charge in [-0.2, -0.15) is 5.10 Å². The molecule has 0 aliphatic heterocycles. The minimum absolute atomic E-state index is 0.145. The highest BCUT2D eigenvalue weighted by molar-refractivity contribution is 6.03. The van der Waals surface area contributed by atoms with Crippen molar-refractivity contribution in [3.8, 4) is 17.5 Å². The molecule has 1 amide bonds. The van der Waals surface area contributed by atoms with Gasteiger partial charge in [0.1, 0.15) is 18.2 Å². The fourth-order valence-corrected chi connectivity index (χ4v) is 4.83. The molecular formula is C30H24FN8O2+. The van der Waals surface area contributed by atoms with Crippen LogP contribution in [0.25, 0.3) is 22.1 Å². The molecule has 4 N–H and O–H groups in total. The number of pyridine rings is 1. The Morgan fingerprint density at radius 2 is 2.00 bits per heavy atom. The predicted octanol–water partition coefficient (Wildman–Crippen LogP) is 2.80. The molecule has 202 valence electrons. The zero-order chi connectivity index (χ0) is 28.7. The van der Waals surface area contributed by atoms with E-state index in [1.807, 2.05) is 6.07 Å². The average molecular weight is 548 g/mol. The summed E-state index contributed by atoms with van der Waals surface area (Å²) in [7, 11) is 1.80. The fourth-order valence-electron chi connectivity index (χ4n) is 4.83. The van der Waals surface area contributed by atoms with Crippen molar-refractivity contribution in [2.75, 3.05) is 5.73 Å². The molecule has 1 atom stereocenters. The number of carbonyl (C=O) groups is 1. The van der Waals surface area contributed by atoms with Crippen LogP contribution in [-0.4, -0.2) is 30.3 Å². The number of hydrogen-bond donors (Lipinski definition) is 3. The van der Waals surface area contributed by atoms with Gasteiger partial charge in [0.25, 0.3) is 11.5 Å². The number of benzene rings is 2. The normalized spacial score (nSPS) is 11.8. The van der Waals surface area contributed by atoms with Crippen LogP contribution in [0.3, 0.4) is 0 Å². The molecule has 4 heterocycles. The number of nitrogen functional groups attached to an aromatic ring is 1. The van der Waals surface area contributed by atoms with Crippen LogP contribution in [-0.2, 0) is 7.05 Å². The lowest BCUT2D eigenvalue weighted by molar-refractivity contribution is -0.577. The Labute approximate surface area is 232 Å². The first-order valence-corrected chi connectivity index (χ1v) is 12.7. The summed E-state index contributed by atoms with van der Waals surface area (Å²) < 4.78 is 19.0. The van der Waals surface area contributed by atoms with Crippen molar-refractivity contribution in [1.82, 2.24) is 29.7 Å². The molecule has 11 heteroatoms. The zero-order valence-corrected chi connectivity index (χ0v) is 22.1. The summed E-state index contributed by atoms with van der Waals surface area (Å²) in [5, 5.41) is 10.9. The predicted molar refractivity (Wildman–Crippen MR) is 151 cm³/mol. The Balaban J connectivity index is 1.49. The second kappa shape index (κ2) is 10.1. The van der Waals surface area contributed by atoms with E-state index in [4.69, 9.17) is 5.73 Å². The Morgan fingerprint density at radius 3 is 2.78 bits per heavy atom. The summed E-state index contributed by atoms with van der Waals surface area (Å²) in [6.07, 6.45) is 6.67. The number of hydrogen-bond acceptors (Lipinski definition) is 5. The van der Waals surface area contributed by atoms with E-state index in [0.29, 0.717) is 38.9 Å². The Kier molecular flexibility index (Phi) is 6.28. The maximum Gasteiger partial charge on any atom is 0.362 e. The van der Waals surface area contributed by atoms with Crippen LogP contribution in [0, 0.1) is 17.7 Å². The lowest BCUT2D eigenvalue weighted by Crippen LogP contribution is -2.33. The van der Waals surface area contributed by atoms with Gasteiger partial charge in [0.15, 0.2) is 11.4 Å². The number of aromatic nitrogens is 6. The van der Waals surface area contributed by atoms with Gasteiger partial charge in [-0.15, -0.1) is 4.52 Å². The van der Waals surface area contributed by atoms with Crippen molar-refractivity contribution < 1.29 is 13.7 Å². The maximum atomic E-state index is 14.4. The molecule has 0 aliphatic carbocycles. The molecule has 0 bridgehead atoms. The number of anilines is 1. The van der Waals surface area contributed by atoms with E-state index in [9.17, 15) is 14.0 Å². The van der Waals surface area contributed by atoms with Crippen LogP contribution >= 0.6 is 0 Å². The first-order chi connectivity index (χ1) is 19.8. The topological polar surface area (TPSA) is 128 Å². The second-order valence-corrected chi connectivity index (χ2v) is 9.52. The average Bonchev–Trinajstić information content (AvgIpc) is 3.52. The van der Waals surface area contributed by atoms with Crippen molar-refractivity contribution in [3.63, 3.8) is 0 Å². The van der Waals surface area contributed by atoms with Gasteiger partial charge >= 0.3 is 5.65 Å². The number of nitrogens with two attached hydrogens (primary N) is 1. The van der Waals surface area contributed by atoms with Gasteiger partial charge in [-0.05, 0) is 47.6 Å². The van der Waals surface area contributed by atoms with E-state index >= 15 is 0 Å². The lowest BCUT2D eigenvalue weighted by atomic mass is 10.0.